The normalized spacial score (nSPS) is 19.1. The van der Waals surface area contributed by atoms with Gasteiger partial charge in [-0.25, -0.2) is 19.9 Å². The third kappa shape index (κ3) is 11.1. The van der Waals surface area contributed by atoms with Gasteiger partial charge in [-0.1, -0.05) is 13.8 Å². The molecule has 8 heterocycles. The first-order valence-electron chi connectivity index (χ1n) is 20.8. The van der Waals surface area contributed by atoms with Crippen molar-refractivity contribution in [2.24, 2.45) is 0 Å². The highest BCUT2D eigenvalue weighted by atomic mass is 16.2. The van der Waals surface area contributed by atoms with Gasteiger partial charge in [0, 0.05) is 103 Å². The summed E-state index contributed by atoms with van der Waals surface area (Å²) in [7, 11) is 0. The number of aryl methyl sites for hydroxylation is 2. The van der Waals surface area contributed by atoms with Crippen LogP contribution in [0, 0.1) is 13.8 Å². The van der Waals surface area contributed by atoms with Gasteiger partial charge in [0.15, 0.2) is 0 Å². The Labute approximate surface area is 337 Å². The standard InChI is InChI=1S/C21H28N6O.C20H26N6O.C2H6/c1-15-6-8-22-19(12-15)24-20-13-18(17-7-11-27(14-17)16(2)28)23-21(25-20)26-9-4-3-5-10-26;1-14-5-7-21-18(11-14)23-19-12-17(16-6-10-26(13-16)15(2)27)22-20(24-19)25-8-3-4-9-25;1-2/h6,8,12-13,17H,3-5,7,9-11,14H2,1-2H3,(H,22,23,24,25);5,7,11-12,16H,3-4,6,8-10,13H2,1-2H3,(H,21,22,23,24);1-2H3. The van der Waals surface area contributed by atoms with Gasteiger partial charge in [-0.05, 0) is 94.2 Å². The maximum Gasteiger partial charge on any atom is 0.227 e. The van der Waals surface area contributed by atoms with Crippen molar-refractivity contribution >= 4 is 47.0 Å². The lowest BCUT2D eigenvalue weighted by molar-refractivity contribution is -0.128. The molecule has 4 fully saturated rings. The molecule has 4 saturated heterocycles. The fourth-order valence-electron chi connectivity index (χ4n) is 7.79. The first kappa shape index (κ1) is 41.2. The second-order valence-electron chi connectivity index (χ2n) is 15.3. The van der Waals surface area contributed by atoms with Gasteiger partial charge in [0.05, 0.1) is 11.4 Å². The summed E-state index contributed by atoms with van der Waals surface area (Å²) in [6, 6.07) is 12.0. The van der Waals surface area contributed by atoms with Crippen LogP contribution in [0.4, 0.5) is 35.2 Å². The average molecular weight is 777 g/mol. The summed E-state index contributed by atoms with van der Waals surface area (Å²) in [5, 5.41) is 6.69. The molecule has 0 radical (unpaired) electrons. The molecule has 4 aromatic rings. The Bertz CT molecular complexity index is 1960. The molecule has 4 aliphatic rings. The number of hydrogen-bond donors (Lipinski definition) is 2. The Morgan fingerprint density at radius 3 is 1.33 bits per heavy atom. The van der Waals surface area contributed by atoms with Crippen LogP contribution in [0.1, 0.15) is 107 Å². The number of nitrogens with zero attached hydrogens (tertiary/aromatic N) is 10. The van der Waals surface area contributed by atoms with Gasteiger partial charge in [0.1, 0.15) is 23.3 Å². The maximum absolute atomic E-state index is 11.7. The summed E-state index contributed by atoms with van der Waals surface area (Å²) in [4.78, 5) is 59.9. The number of carbonyl (C=O) groups excluding carboxylic acids is 2. The Morgan fingerprint density at radius 1 is 0.561 bits per heavy atom. The molecule has 0 aliphatic carbocycles. The highest BCUT2D eigenvalue weighted by Gasteiger charge is 2.30. The van der Waals surface area contributed by atoms with E-state index in [0.29, 0.717) is 0 Å². The van der Waals surface area contributed by atoms with Crippen molar-refractivity contribution < 1.29 is 9.59 Å². The molecule has 0 spiro atoms. The van der Waals surface area contributed by atoms with E-state index in [1.54, 1.807) is 26.2 Å². The maximum atomic E-state index is 11.7. The van der Waals surface area contributed by atoms with Crippen LogP contribution in [-0.4, -0.2) is 104 Å². The third-order valence-electron chi connectivity index (χ3n) is 10.9. The van der Waals surface area contributed by atoms with Gasteiger partial charge in [-0.2, -0.15) is 9.97 Å². The fourth-order valence-corrected chi connectivity index (χ4v) is 7.79. The zero-order valence-corrected chi connectivity index (χ0v) is 34.7. The van der Waals surface area contributed by atoms with Gasteiger partial charge >= 0.3 is 0 Å². The van der Waals surface area contributed by atoms with E-state index >= 15 is 0 Å². The molecule has 304 valence electrons. The van der Waals surface area contributed by atoms with Gasteiger partial charge in [0.2, 0.25) is 23.7 Å². The van der Waals surface area contributed by atoms with E-state index in [-0.39, 0.29) is 23.7 Å². The lowest BCUT2D eigenvalue weighted by atomic mass is 10.0. The number of amides is 2. The molecule has 2 amide bonds. The number of piperidine rings is 1. The van der Waals surface area contributed by atoms with Crippen molar-refractivity contribution in [3.8, 4) is 0 Å². The molecule has 2 N–H and O–H groups in total. The van der Waals surface area contributed by atoms with Crippen molar-refractivity contribution in [3.63, 3.8) is 0 Å². The molecule has 57 heavy (non-hydrogen) atoms. The molecular weight excluding hydrogens is 717 g/mol. The van der Waals surface area contributed by atoms with Crippen molar-refractivity contribution in [2.75, 3.05) is 72.8 Å². The lowest BCUT2D eigenvalue weighted by Crippen LogP contribution is -2.31. The Morgan fingerprint density at radius 2 is 0.965 bits per heavy atom. The van der Waals surface area contributed by atoms with Crippen LogP contribution in [0.25, 0.3) is 0 Å². The van der Waals surface area contributed by atoms with Crippen LogP contribution in [0.5, 0.6) is 0 Å². The first-order valence-corrected chi connectivity index (χ1v) is 20.8. The van der Waals surface area contributed by atoms with E-state index in [4.69, 9.17) is 19.9 Å². The highest BCUT2D eigenvalue weighted by molar-refractivity contribution is 5.74. The number of anilines is 6. The minimum atomic E-state index is 0.133. The fraction of sp³-hybridized carbons (Fsp3) is 0.535. The molecule has 14 nitrogen and oxygen atoms in total. The molecule has 0 saturated carbocycles. The number of carbonyl (C=O) groups is 2. The molecule has 4 aromatic heterocycles. The first-order chi connectivity index (χ1) is 27.7. The number of hydrogen-bond acceptors (Lipinski definition) is 12. The van der Waals surface area contributed by atoms with Gasteiger partial charge < -0.3 is 30.2 Å². The van der Waals surface area contributed by atoms with Crippen LogP contribution < -0.4 is 20.4 Å². The van der Waals surface area contributed by atoms with Crippen LogP contribution in [0.15, 0.2) is 48.8 Å². The summed E-state index contributed by atoms with van der Waals surface area (Å²) >= 11 is 0. The predicted molar refractivity (Wildman–Crippen MR) is 227 cm³/mol. The van der Waals surface area contributed by atoms with Crippen molar-refractivity contribution in [2.45, 2.75) is 98.3 Å². The van der Waals surface area contributed by atoms with Crippen molar-refractivity contribution in [3.05, 3.63) is 71.3 Å². The Kier molecular flexibility index (Phi) is 14.2. The monoisotopic (exact) mass is 776 g/mol. The number of likely N-dealkylation sites (tertiary alicyclic amines) is 2. The summed E-state index contributed by atoms with van der Waals surface area (Å²) in [5.41, 5.74) is 4.31. The van der Waals surface area contributed by atoms with Gasteiger partial charge in [-0.15, -0.1) is 0 Å². The Balaban J connectivity index is 0.000000185. The van der Waals surface area contributed by atoms with E-state index in [1.807, 2.05) is 73.9 Å². The van der Waals surface area contributed by atoms with E-state index in [2.05, 4.69) is 30.4 Å². The van der Waals surface area contributed by atoms with Gasteiger partial charge in [-0.3, -0.25) is 9.59 Å². The topological polar surface area (TPSA) is 148 Å². The van der Waals surface area contributed by atoms with E-state index in [0.717, 1.165) is 123 Å². The zero-order valence-electron chi connectivity index (χ0n) is 34.7. The summed E-state index contributed by atoms with van der Waals surface area (Å²) in [6.07, 6.45) is 11.5. The molecule has 4 aliphatic heterocycles. The summed E-state index contributed by atoms with van der Waals surface area (Å²) < 4.78 is 0. The zero-order chi connectivity index (χ0) is 40.3. The molecule has 2 atom stereocenters. The minimum Gasteiger partial charge on any atom is -0.342 e. The smallest absolute Gasteiger partial charge is 0.227 e. The van der Waals surface area contributed by atoms with E-state index in [9.17, 15) is 9.59 Å². The summed E-state index contributed by atoms with van der Waals surface area (Å²) in [6.45, 7) is 18.4. The van der Waals surface area contributed by atoms with Crippen LogP contribution in [0.2, 0.25) is 0 Å². The number of aromatic nitrogens is 6. The lowest BCUT2D eigenvalue weighted by Gasteiger charge is -2.27. The molecule has 0 bridgehead atoms. The molecule has 8 rings (SSSR count). The number of nitrogens with one attached hydrogen (secondary N) is 2. The average Bonchev–Trinajstić information content (AvgIpc) is 4.03. The van der Waals surface area contributed by atoms with Crippen LogP contribution in [-0.2, 0) is 9.59 Å². The molecule has 2 unspecified atom stereocenters. The van der Waals surface area contributed by atoms with Crippen LogP contribution >= 0.6 is 0 Å². The highest BCUT2D eigenvalue weighted by Crippen LogP contribution is 2.32. The van der Waals surface area contributed by atoms with Crippen LogP contribution in [0.3, 0.4) is 0 Å². The van der Waals surface area contributed by atoms with E-state index < -0.39 is 0 Å². The number of pyridine rings is 2. The largest absolute Gasteiger partial charge is 0.342 e. The molecule has 14 heteroatoms. The predicted octanol–water partition coefficient (Wildman–Crippen LogP) is 7.14. The minimum absolute atomic E-state index is 0.133. The molecular formula is C43H60N12O2. The number of rotatable bonds is 8. The second-order valence-corrected chi connectivity index (χ2v) is 15.3. The Hall–Kier alpha value is -5.40. The quantitative estimate of drug-likeness (QED) is 0.188. The SMILES string of the molecule is CC.CC(=O)N1CCC(c2cc(Nc3cc(C)ccn3)nc(N3CCCC3)n2)C1.CC(=O)N1CCC(c2cc(Nc3cc(C)ccn3)nc(N3CCCCC3)n2)C1. The van der Waals surface area contributed by atoms with Gasteiger partial charge in [0.25, 0.3) is 0 Å². The van der Waals surface area contributed by atoms with Crippen molar-refractivity contribution in [1.29, 1.82) is 0 Å². The summed E-state index contributed by atoms with van der Waals surface area (Å²) in [5.74, 6) is 5.44. The third-order valence-corrected chi connectivity index (χ3v) is 10.9. The van der Waals surface area contributed by atoms with E-state index in [1.165, 1.54) is 32.1 Å². The molecule has 0 aromatic carbocycles. The second kappa shape index (κ2) is 19.6. The van der Waals surface area contributed by atoms with Crippen molar-refractivity contribution in [1.82, 2.24) is 39.7 Å².